The van der Waals surface area contributed by atoms with Gasteiger partial charge in [-0.25, -0.2) is 4.99 Å². The zero-order chi connectivity index (χ0) is 5.98. The summed E-state index contributed by atoms with van der Waals surface area (Å²) in [6, 6.07) is 0. The Hall–Kier alpha value is -1.06. The summed E-state index contributed by atoms with van der Waals surface area (Å²) < 4.78 is 0. The average molecular weight is 112 g/mol. The lowest BCUT2D eigenvalue weighted by atomic mass is 10.6. The highest BCUT2D eigenvalue weighted by Crippen LogP contribution is 1.86. The van der Waals surface area contributed by atoms with Crippen molar-refractivity contribution in [1.29, 1.82) is 0 Å². The van der Waals surface area contributed by atoms with Gasteiger partial charge in [0.15, 0.2) is 0 Å². The van der Waals surface area contributed by atoms with Crippen LogP contribution in [0.15, 0.2) is 10.1 Å². The van der Waals surface area contributed by atoms with Gasteiger partial charge >= 0.3 is 0 Å². The summed E-state index contributed by atoms with van der Waals surface area (Å²) >= 11 is 0. The average Bonchev–Trinajstić information content (AvgIpc) is 1.77. The standard InChI is InChI=1S/C4H8N4/c1-8-3-6-4(5)2-7-8/h2H,3H2,1H3,(H2,5,6). The third-order valence-corrected chi connectivity index (χ3v) is 0.845. The summed E-state index contributed by atoms with van der Waals surface area (Å²) in [5.41, 5.74) is 5.27. The molecule has 0 atom stereocenters. The van der Waals surface area contributed by atoms with E-state index in [1.807, 2.05) is 7.05 Å². The Bertz CT molecular complexity index is 137. The predicted octanol–water partition coefficient (Wildman–Crippen LogP) is -0.768. The largest absolute Gasteiger partial charge is 0.383 e. The molecule has 0 radical (unpaired) electrons. The lowest BCUT2D eigenvalue weighted by molar-refractivity contribution is 0.366. The molecule has 4 heteroatoms. The summed E-state index contributed by atoms with van der Waals surface area (Å²) in [6.45, 7) is 0.572. The lowest BCUT2D eigenvalue weighted by Gasteiger charge is -2.12. The van der Waals surface area contributed by atoms with E-state index in [4.69, 9.17) is 5.73 Å². The van der Waals surface area contributed by atoms with Crippen molar-refractivity contribution >= 4 is 12.1 Å². The van der Waals surface area contributed by atoms with Crippen LogP contribution in [0.4, 0.5) is 0 Å². The van der Waals surface area contributed by atoms with E-state index in [-0.39, 0.29) is 0 Å². The summed E-state index contributed by atoms with van der Waals surface area (Å²) in [4.78, 5) is 3.88. The Morgan fingerprint density at radius 1 is 1.88 bits per heavy atom. The Labute approximate surface area is 47.7 Å². The molecule has 0 aromatic heterocycles. The highest BCUT2D eigenvalue weighted by Gasteiger charge is 1.95. The molecule has 0 unspecified atom stereocenters. The first-order chi connectivity index (χ1) is 3.79. The second kappa shape index (κ2) is 1.81. The van der Waals surface area contributed by atoms with Gasteiger partial charge in [-0.05, 0) is 0 Å². The molecule has 0 aromatic carbocycles. The minimum absolute atomic E-state index is 0.503. The Morgan fingerprint density at radius 2 is 2.62 bits per heavy atom. The molecule has 1 aliphatic rings. The van der Waals surface area contributed by atoms with Crippen LogP contribution in [0.3, 0.4) is 0 Å². The van der Waals surface area contributed by atoms with E-state index in [1.54, 1.807) is 5.01 Å². The third-order valence-electron chi connectivity index (χ3n) is 0.845. The van der Waals surface area contributed by atoms with E-state index in [2.05, 4.69) is 10.1 Å². The van der Waals surface area contributed by atoms with Crippen molar-refractivity contribution in [3.05, 3.63) is 0 Å². The lowest BCUT2D eigenvalue weighted by Crippen LogP contribution is -2.24. The van der Waals surface area contributed by atoms with Gasteiger partial charge in [-0.2, -0.15) is 5.10 Å². The molecule has 1 rings (SSSR count). The molecule has 0 spiro atoms. The SMILES string of the molecule is CN1CN=C(N)C=N1. The maximum absolute atomic E-state index is 5.27. The molecule has 4 nitrogen and oxygen atoms in total. The van der Waals surface area contributed by atoms with Crippen molar-refractivity contribution in [3.63, 3.8) is 0 Å². The van der Waals surface area contributed by atoms with Crippen LogP contribution < -0.4 is 5.73 Å². The summed E-state index contributed by atoms with van der Waals surface area (Å²) in [6.07, 6.45) is 1.53. The van der Waals surface area contributed by atoms with Crippen molar-refractivity contribution in [1.82, 2.24) is 5.01 Å². The molecule has 0 fully saturated rings. The molecule has 44 valence electrons. The van der Waals surface area contributed by atoms with Crippen LogP contribution in [0.5, 0.6) is 0 Å². The molecule has 0 saturated carbocycles. The van der Waals surface area contributed by atoms with E-state index in [1.165, 1.54) is 6.21 Å². The number of nitrogens with zero attached hydrogens (tertiary/aromatic N) is 3. The first-order valence-electron chi connectivity index (χ1n) is 2.34. The molecule has 8 heavy (non-hydrogen) atoms. The van der Waals surface area contributed by atoms with Crippen LogP contribution in [0.25, 0.3) is 0 Å². The van der Waals surface area contributed by atoms with Gasteiger partial charge in [0.1, 0.15) is 12.5 Å². The van der Waals surface area contributed by atoms with Crippen molar-refractivity contribution in [2.45, 2.75) is 0 Å². The Morgan fingerprint density at radius 3 is 3.00 bits per heavy atom. The van der Waals surface area contributed by atoms with Crippen molar-refractivity contribution < 1.29 is 0 Å². The zero-order valence-corrected chi connectivity index (χ0v) is 4.70. The number of hydrogen-bond acceptors (Lipinski definition) is 4. The van der Waals surface area contributed by atoms with Crippen molar-refractivity contribution in [3.8, 4) is 0 Å². The summed E-state index contributed by atoms with van der Waals surface area (Å²) in [5, 5.41) is 5.57. The molecule has 0 aromatic rings. The minimum atomic E-state index is 0.503. The number of amidine groups is 1. The van der Waals surface area contributed by atoms with Crippen molar-refractivity contribution in [2.24, 2.45) is 15.8 Å². The first-order valence-corrected chi connectivity index (χ1v) is 2.34. The van der Waals surface area contributed by atoms with Gasteiger partial charge in [-0.1, -0.05) is 0 Å². The van der Waals surface area contributed by atoms with Crippen LogP contribution in [0.1, 0.15) is 0 Å². The maximum atomic E-state index is 5.27. The summed E-state index contributed by atoms with van der Waals surface area (Å²) in [5.74, 6) is 0.503. The minimum Gasteiger partial charge on any atom is -0.383 e. The van der Waals surface area contributed by atoms with Crippen LogP contribution in [0.2, 0.25) is 0 Å². The molecule has 0 saturated heterocycles. The number of nitrogens with two attached hydrogens (primary N) is 1. The Kier molecular flexibility index (Phi) is 1.15. The van der Waals surface area contributed by atoms with Crippen LogP contribution in [-0.2, 0) is 0 Å². The van der Waals surface area contributed by atoms with Crippen LogP contribution in [-0.4, -0.2) is 30.8 Å². The normalized spacial score (nSPS) is 18.6. The second-order valence-corrected chi connectivity index (χ2v) is 1.63. The highest BCUT2D eigenvalue weighted by atomic mass is 15.5. The van der Waals surface area contributed by atoms with Crippen LogP contribution >= 0.6 is 0 Å². The van der Waals surface area contributed by atoms with E-state index in [9.17, 15) is 0 Å². The smallest absolute Gasteiger partial charge is 0.140 e. The fourth-order valence-electron chi connectivity index (χ4n) is 0.419. The fourth-order valence-corrected chi connectivity index (χ4v) is 0.419. The van der Waals surface area contributed by atoms with Gasteiger partial charge in [0.25, 0.3) is 0 Å². The van der Waals surface area contributed by atoms with Gasteiger partial charge in [-0.3, -0.25) is 5.01 Å². The number of aliphatic imine (C=N–C) groups is 1. The fraction of sp³-hybridized carbons (Fsp3) is 0.500. The van der Waals surface area contributed by atoms with Gasteiger partial charge in [0.2, 0.25) is 0 Å². The molecule has 0 aliphatic carbocycles. The monoisotopic (exact) mass is 112 g/mol. The maximum Gasteiger partial charge on any atom is 0.140 e. The topological polar surface area (TPSA) is 54.0 Å². The quantitative estimate of drug-likeness (QED) is 0.447. The van der Waals surface area contributed by atoms with Gasteiger partial charge in [0.05, 0.1) is 6.21 Å². The molecule has 0 bridgehead atoms. The molecule has 1 heterocycles. The van der Waals surface area contributed by atoms with Gasteiger partial charge < -0.3 is 5.73 Å². The molecule has 2 N–H and O–H groups in total. The zero-order valence-electron chi connectivity index (χ0n) is 4.70. The predicted molar refractivity (Wildman–Crippen MR) is 32.7 cm³/mol. The second-order valence-electron chi connectivity index (χ2n) is 1.63. The number of rotatable bonds is 0. The molecule has 1 aliphatic heterocycles. The van der Waals surface area contributed by atoms with E-state index < -0.39 is 0 Å². The molecular formula is C4H8N4. The highest BCUT2D eigenvalue weighted by molar-refractivity contribution is 6.28. The van der Waals surface area contributed by atoms with E-state index in [0.29, 0.717) is 12.5 Å². The molecular weight excluding hydrogens is 104 g/mol. The summed E-state index contributed by atoms with van der Waals surface area (Å²) in [7, 11) is 1.84. The first kappa shape index (κ1) is 5.08. The van der Waals surface area contributed by atoms with Gasteiger partial charge in [-0.15, -0.1) is 0 Å². The molecule has 0 amide bonds. The van der Waals surface area contributed by atoms with E-state index in [0.717, 1.165) is 0 Å². The van der Waals surface area contributed by atoms with Crippen LogP contribution in [0, 0.1) is 0 Å². The van der Waals surface area contributed by atoms with Crippen molar-refractivity contribution in [2.75, 3.05) is 13.7 Å². The third kappa shape index (κ3) is 0.959. The number of hydrogen-bond donors (Lipinski definition) is 1. The van der Waals surface area contributed by atoms with Gasteiger partial charge in [0, 0.05) is 7.05 Å². The van der Waals surface area contributed by atoms with E-state index >= 15 is 0 Å². The Balaban J connectivity index is 2.58. The number of hydrazone groups is 1.